The van der Waals surface area contributed by atoms with E-state index in [2.05, 4.69) is 11.6 Å². The summed E-state index contributed by atoms with van der Waals surface area (Å²) in [6, 6.07) is 10.7. The van der Waals surface area contributed by atoms with E-state index in [1.165, 1.54) is 5.56 Å². The van der Waals surface area contributed by atoms with Gasteiger partial charge in [0.05, 0.1) is 17.6 Å². The number of hydrogen-bond acceptors (Lipinski definition) is 3. The molecule has 4 aromatic rings. The Balaban J connectivity index is 1.29. The summed E-state index contributed by atoms with van der Waals surface area (Å²) in [6.07, 6.45) is 3.60. The molecule has 0 saturated carbocycles. The Hall–Kier alpha value is -2.95. The van der Waals surface area contributed by atoms with Gasteiger partial charge in [-0.2, -0.15) is 0 Å². The minimum absolute atomic E-state index is 0.0171. The molecule has 2 aromatic carbocycles. The highest BCUT2D eigenvalue weighted by Crippen LogP contribution is 2.62. The van der Waals surface area contributed by atoms with Crippen LogP contribution in [0.4, 0.5) is 4.39 Å². The summed E-state index contributed by atoms with van der Waals surface area (Å²) in [5, 5.41) is 2.47. The number of rotatable bonds is 3. The van der Waals surface area contributed by atoms with Gasteiger partial charge in [-0.05, 0) is 60.5 Å². The van der Waals surface area contributed by atoms with E-state index in [9.17, 15) is 9.18 Å². The number of nitrogens with zero attached hydrogens (tertiary/aromatic N) is 3. The Kier molecular flexibility index (Phi) is 5.58. The lowest BCUT2D eigenvalue weighted by atomic mass is 9.85. The van der Waals surface area contributed by atoms with E-state index in [0.29, 0.717) is 44.7 Å². The van der Waals surface area contributed by atoms with Gasteiger partial charge in [0.1, 0.15) is 17.3 Å². The van der Waals surface area contributed by atoms with Crippen LogP contribution in [-0.2, 0) is 11.7 Å². The lowest BCUT2D eigenvalue weighted by molar-refractivity contribution is 0.0705. The highest BCUT2D eigenvalue weighted by Gasteiger charge is 2.44. The van der Waals surface area contributed by atoms with Crippen LogP contribution < -0.4 is 0 Å². The monoisotopic (exact) mass is 521 g/mol. The number of fused-ring (bicyclic) bond motifs is 3. The summed E-state index contributed by atoms with van der Waals surface area (Å²) in [5.74, 6) is 1.18. The van der Waals surface area contributed by atoms with Crippen LogP contribution in [0.3, 0.4) is 0 Å². The molecule has 1 fully saturated rings. The first-order chi connectivity index (χ1) is 17.2. The van der Waals surface area contributed by atoms with Gasteiger partial charge in [0.25, 0.3) is 5.91 Å². The van der Waals surface area contributed by atoms with Gasteiger partial charge < -0.3 is 13.9 Å². The average molecular weight is 522 g/mol. The van der Waals surface area contributed by atoms with Gasteiger partial charge in [-0.1, -0.05) is 38.9 Å². The number of piperidine rings is 1. The van der Waals surface area contributed by atoms with Gasteiger partial charge in [-0.25, -0.2) is 9.37 Å². The number of aryl methyl sites for hydroxylation is 2. The average Bonchev–Trinajstić information content (AvgIpc) is 3.45. The van der Waals surface area contributed by atoms with Gasteiger partial charge in [-0.3, -0.25) is 4.79 Å². The van der Waals surface area contributed by atoms with Crippen molar-refractivity contribution < 1.29 is 13.6 Å². The van der Waals surface area contributed by atoms with Gasteiger partial charge in [-0.15, -0.1) is 0 Å². The largest absolute Gasteiger partial charge is 0.446 e. The summed E-state index contributed by atoms with van der Waals surface area (Å²) in [5.41, 5.74) is 4.52. The van der Waals surface area contributed by atoms with Crippen molar-refractivity contribution in [1.82, 2.24) is 14.5 Å². The van der Waals surface area contributed by atoms with E-state index in [-0.39, 0.29) is 16.9 Å². The van der Waals surface area contributed by atoms with Crippen LogP contribution in [0.1, 0.15) is 51.7 Å². The molecule has 1 saturated heterocycles. The summed E-state index contributed by atoms with van der Waals surface area (Å²) in [4.78, 5) is 20.2. The molecular formula is C28H26ClFN3O2P. The number of oxazole rings is 1. The molecule has 2 aromatic heterocycles. The number of hydrogen-bond donors (Lipinski definition) is 0. The second-order valence-electron chi connectivity index (χ2n) is 9.74. The van der Waals surface area contributed by atoms with Gasteiger partial charge in [0, 0.05) is 41.8 Å². The van der Waals surface area contributed by atoms with Crippen molar-refractivity contribution in [3.63, 3.8) is 0 Å². The molecule has 0 aliphatic carbocycles. The highest BCUT2D eigenvalue weighted by atomic mass is 35.5. The van der Waals surface area contributed by atoms with Crippen LogP contribution in [0.15, 0.2) is 53.6 Å². The number of carbonyl (C=O) groups is 1. The molecule has 6 rings (SSSR count). The van der Waals surface area contributed by atoms with E-state index in [1.807, 2.05) is 53.8 Å². The maximum absolute atomic E-state index is 13.9. The fourth-order valence-corrected chi connectivity index (χ4v) is 7.62. The number of carbonyl (C=O) groups excluding carboxylic acids is 1. The van der Waals surface area contributed by atoms with E-state index in [1.54, 1.807) is 12.1 Å². The fraction of sp³-hybridized carbons (Fsp3) is 0.286. The molecule has 1 spiro atoms. The number of benzene rings is 2. The van der Waals surface area contributed by atoms with E-state index in [4.69, 9.17) is 16.0 Å². The Morgan fingerprint density at radius 1 is 1.22 bits per heavy atom. The Morgan fingerprint density at radius 3 is 2.72 bits per heavy atom. The van der Waals surface area contributed by atoms with Crippen LogP contribution in [0, 0.1) is 19.7 Å². The van der Waals surface area contributed by atoms with E-state index in [0.717, 1.165) is 46.1 Å². The second-order valence-corrected chi connectivity index (χ2v) is 12.0. The summed E-state index contributed by atoms with van der Waals surface area (Å²) in [6.45, 7) is 9.73. The lowest BCUT2D eigenvalue weighted by Crippen LogP contribution is -2.42. The maximum Gasteiger partial charge on any atom is 0.256 e. The maximum atomic E-state index is 13.9. The quantitative estimate of drug-likeness (QED) is 0.276. The highest BCUT2D eigenvalue weighted by molar-refractivity contribution is 7.52. The third-order valence-corrected chi connectivity index (χ3v) is 9.57. The molecule has 2 aliphatic heterocycles. The number of halogens is 2. The summed E-state index contributed by atoms with van der Waals surface area (Å²) in [7, 11) is 0.524. The minimum Gasteiger partial charge on any atom is -0.446 e. The molecule has 1 amide bonds. The summed E-state index contributed by atoms with van der Waals surface area (Å²) >= 11 is 6.33. The Labute approximate surface area is 215 Å². The molecular weight excluding hydrogens is 496 g/mol. The fourth-order valence-electron chi connectivity index (χ4n) is 5.71. The Morgan fingerprint density at radius 2 is 2.00 bits per heavy atom. The summed E-state index contributed by atoms with van der Waals surface area (Å²) < 4.78 is 21.5. The smallest absolute Gasteiger partial charge is 0.256 e. The van der Waals surface area contributed by atoms with Crippen molar-refractivity contribution in [2.24, 2.45) is 0 Å². The lowest BCUT2D eigenvalue weighted by Gasteiger charge is -2.39. The molecule has 8 heteroatoms. The molecule has 4 heterocycles. The number of amides is 1. The third-order valence-electron chi connectivity index (χ3n) is 7.51. The Bertz CT molecular complexity index is 1550. The SMILES string of the molecule is C=C1PC2(CCN(C(=O)c3cn(Cc4nc(C)oc4C)c4cc(Cl)ccc34)CC2)c2ccc(F)cc21. The zero-order valence-corrected chi connectivity index (χ0v) is 22.0. The number of aromatic nitrogens is 2. The molecule has 1 atom stereocenters. The third kappa shape index (κ3) is 3.79. The second kappa shape index (κ2) is 8.57. The van der Waals surface area contributed by atoms with E-state index >= 15 is 0 Å². The normalized spacial score (nSPS) is 17.4. The van der Waals surface area contributed by atoms with Crippen molar-refractivity contribution in [3.8, 4) is 0 Å². The van der Waals surface area contributed by atoms with Gasteiger partial charge in [0.2, 0.25) is 0 Å². The van der Waals surface area contributed by atoms with Gasteiger partial charge in [0.15, 0.2) is 5.89 Å². The van der Waals surface area contributed by atoms with Crippen LogP contribution in [0.25, 0.3) is 16.2 Å². The molecule has 5 nitrogen and oxygen atoms in total. The predicted molar refractivity (Wildman–Crippen MR) is 143 cm³/mol. The van der Waals surface area contributed by atoms with Crippen LogP contribution in [0.5, 0.6) is 0 Å². The molecule has 0 N–H and O–H groups in total. The van der Waals surface area contributed by atoms with Crippen molar-refractivity contribution in [3.05, 3.63) is 94.0 Å². The molecule has 0 radical (unpaired) electrons. The van der Waals surface area contributed by atoms with Crippen LogP contribution >= 0.6 is 20.2 Å². The molecule has 2 aliphatic rings. The van der Waals surface area contributed by atoms with Crippen molar-refractivity contribution in [2.75, 3.05) is 13.1 Å². The standard InChI is InChI=1S/C28H26ClFN3O2P/c1-16-25(31-18(3)35-16)15-33-14-23(21-6-4-19(29)12-26(21)33)27(34)32-10-8-28(9-11-32)24-7-5-20(30)13-22(24)17(2)36-28/h4-7,12-14,36H,2,8-11,15H2,1,3H3. The first kappa shape index (κ1) is 23.4. The zero-order chi connectivity index (χ0) is 25.2. The predicted octanol–water partition coefficient (Wildman–Crippen LogP) is 6.88. The van der Waals surface area contributed by atoms with E-state index < -0.39 is 0 Å². The molecule has 36 heavy (non-hydrogen) atoms. The van der Waals surface area contributed by atoms with Crippen LogP contribution in [-0.4, -0.2) is 33.4 Å². The topological polar surface area (TPSA) is 51.3 Å². The first-order valence-electron chi connectivity index (χ1n) is 12.0. The van der Waals surface area contributed by atoms with Crippen molar-refractivity contribution in [1.29, 1.82) is 0 Å². The molecule has 1 unspecified atom stereocenters. The van der Waals surface area contributed by atoms with Crippen LogP contribution in [0.2, 0.25) is 5.02 Å². The molecule has 0 bridgehead atoms. The van der Waals surface area contributed by atoms with Gasteiger partial charge >= 0.3 is 0 Å². The van der Waals surface area contributed by atoms with Crippen molar-refractivity contribution >= 4 is 42.3 Å². The van der Waals surface area contributed by atoms with Crippen molar-refractivity contribution in [2.45, 2.75) is 38.4 Å². The first-order valence-corrected chi connectivity index (χ1v) is 13.4. The zero-order valence-electron chi connectivity index (χ0n) is 20.2. The minimum atomic E-state index is -0.225. The molecule has 184 valence electrons. The number of likely N-dealkylation sites (tertiary alicyclic amines) is 1.